The quantitative estimate of drug-likeness (QED) is 0.739. The second-order valence-corrected chi connectivity index (χ2v) is 3.25. The molecule has 0 bridgehead atoms. The average molecular weight is 180 g/mol. The maximum atomic E-state index is 9.03. The predicted octanol–water partition coefficient (Wildman–Crippen LogP) is 1.57. The Bertz CT molecular complexity index is 261. The van der Waals surface area contributed by atoms with E-state index in [4.69, 9.17) is 5.11 Å². The van der Waals surface area contributed by atoms with E-state index < -0.39 is 0 Å². The summed E-state index contributed by atoms with van der Waals surface area (Å²) in [4.78, 5) is 4.09. The van der Waals surface area contributed by atoms with Gasteiger partial charge in [-0.15, -0.1) is 0 Å². The Hall–Kier alpha value is -1.09. The molecule has 1 heterocycles. The van der Waals surface area contributed by atoms with E-state index in [1.807, 2.05) is 19.1 Å². The molecule has 3 nitrogen and oxygen atoms in total. The lowest BCUT2D eigenvalue weighted by molar-refractivity contribution is 0.189. The zero-order chi connectivity index (χ0) is 9.68. The molecule has 0 aliphatic carbocycles. The summed E-state index contributed by atoms with van der Waals surface area (Å²) < 4.78 is 0. The van der Waals surface area contributed by atoms with Crippen LogP contribution >= 0.6 is 0 Å². The molecule has 1 aromatic heterocycles. The third-order valence-corrected chi connectivity index (χ3v) is 1.79. The molecule has 0 saturated heterocycles. The van der Waals surface area contributed by atoms with Crippen molar-refractivity contribution >= 4 is 5.69 Å². The second kappa shape index (κ2) is 4.82. The van der Waals surface area contributed by atoms with Crippen LogP contribution in [0.4, 0.5) is 5.69 Å². The number of pyridine rings is 1. The standard InChI is InChI=1S/C10H16N2O/c1-8-7-10(4-6-11-8)12-5-3-9(2)13/h4,6-7,9,13H,3,5H2,1-2H3,(H,11,12)/t9-/m0/s1. The molecule has 3 heteroatoms. The van der Waals surface area contributed by atoms with Crippen LogP contribution in [-0.4, -0.2) is 22.7 Å². The maximum absolute atomic E-state index is 9.03. The minimum atomic E-state index is -0.240. The van der Waals surface area contributed by atoms with Gasteiger partial charge >= 0.3 is 0 Å². The summed E-state index contributed by atoms with van der Waals surface area (Å²) in [5, 5.41) is 12.2. The minimum Gasteiger partial charge on any atom is -0.393 e. The molecular formula is C10H16N2O. The second-order valence-electron chi connectivity index (χ2n) is 3.25. The molecule has 0 aliphatic rings. The van der Waals surface area contributed by atoms with Crippen LogP contribution in [-0.2, 0) is 0 Å². The summed E-state index contributed by atoms with van der Waals surface area (Å²) in [5.74, 6) is 0. The molecule has 0 fully saturated rings. The van der Waals surface area contributed by atoms with Gasteiger partial charge in [-0.05, 0) is 32.4 Å². The van der Waals surface area contributed by atoms with Crippen LogP contribution in [0.2, 0.25) is 0 Å². The van der Waals surface area contributed by atoms with Crippen molar-refractivity contribution < 1.29 is 5.11 Å². The fourth-order valence-electron chi connectivity index (χ4n) is 1.08. The number of hydrogen-bond acceptors (Lipinski definition) is 3. The van der Waals surface area contributed by atoms with Gasteiger partial charge in [0.15, 0.2) is 0 Å². The Morgan fingerprint density at radius 3 is 3.00 bits per heavy atom. The summed E-state index contributed by atoms with van der Waals surface area (Å²) >= 11 is 0. The topological polar surface area (TPSA) is 45.1 Å². The molecule has 0 saturated carbocycles. The first-order chi connectivity index (χ1) is 6.18. The molecule has 0 radical (unpaired) electrons. The molecule has 72 valence electrons. The first-order valence-electron chi connectivity index (χ1n) is 4.53. The summed E-state index contributed by atoms with van der Waals surface area (Å²) in [5.41, 5.74) is 2.06. The Morgan fingerprint density at radius 2 is 2.38 bits per heavy atom. The van der Waals surface area contributed by atoms with E-state index in [0.717, 1.165) is 24.3 Å². The summed E-state index contributed by atoms with van der Waals surface area (Å²) in [6.07, 6.45) is 2.30. The number of aliphatic hydroxyl groups is 1. The van der Waals surface area contributed by atoms with Crippen molar-refractivity contribution in [1.29, 1.82) is 0 Å². The molecule has 0 aromatic carbocycles. The molecule has 0 unspecified atom stereocenters. The predicted molar refractivity (Wildman–Crippen MR) is 53.8 cm³/mol. The molecule has 13 heavy (non-hydrogen) atoms. The molecule has 0 aliphatic heterocycles. The lowest BCUT2D eigenvalue weighted by Crippen LogP contribution is -2.09. The number of nitrogens with one attached hydrogen (secondary N) is 1. The van der Waals surface area contributed by atoms with Gasteiger partial charge in [0.05, 0.1) is 6.10 Å². The molecular weight excluding hydrogens is 164 g/mol. The van der Waals surface area contributed by atoms with Gasteiger partial charge in [0.2, 0.25) is 0 Å². The zero-order valence-corrected chi connectivity index (χ0v) is 8.12. The Balaban J connectivity index is 2.37. The number of nitrogens with zero attached hydrogens (tertiary/aromatic N) is 1. The van der Waals surface area contributed by atoms with Gasteiger partial charge in [0, 0.05) is 24.1 Å². The smallest absolute Gasteiger partial charge is 0.0528 e. The number of anilines is 1. The SMILES string of the molecule is Cc1cc(NCC[C@H](C)O)ccn1. The van der Waals surface area contributed by atoms with Crippen LogP contribution in [0.15, 0.2) is 18.3 Å². The number of aryl methyl sites for hydroxylation is 1. The van der Waals surface area contributed by atoms with E-state index in [1.54, 1.807) is 13.1 Å². The molecule has 1 rings (SSSR count). The Kier molecular flexibility index (Phi) is 3.71. The van der Waals surface area contributed by atoms with Crippen molar-refractivity contribution in [2.45, 2.75) is 26.4 Å². The van der Waals surface area contributed by atoms with Gasteiger partial charge in [-0.25, -0.2) is 0 Å². The van der Waals surface area contributed by atoms with E-state index in [9.17, 15) is 0 Å². The third kappa shape index (κ3) is 3.90. The lowest BCUT2D eigenvalue weighted by atomic mass is 10.2. The van der Waals surface area contributed by atoms with Crippen LogP contribution in [0, 0.1) is 6.92 Å². The van der Waals surface area contributed by atoms with Crippen LogP contribution in [0.5, 0.6) is 0 Å². The highest BCUT2D eigenvalue weighted by Gasteiger charge is 1.95. The summed E-state index contributed by atoms with van der Waals surface area (Å²) in [7, 11) is 0. The van der Waals surface area contributed by atoms with E-state index in [1.165, 1.54) is 0 Å². The maximum Gasteiger partial charge on any atom is 0.0528 e. The highest BCUT2D eigenvalue weighted by atomic mass is 16.3. The Morgan fingerprint density at radius 1 is 1.62 bits per heavy atom. The lowest BCUT2D eigenvalue weighted by Gasteiger charge is -2.07. The summed E-state index contributed by atoms with van der Waals surface area (Å²) in [6.45, 7) is 4.54. The molecule has 0 spiro atoms. The van der Waals surface area contributed by atoms with Crippen LogP contribution in [0.25, 0.3) is 0 Å². The van der Waals surface area contributed by atoms with Crippen LogP contribution in [0.1, 0.15) is 19.0 Å². The van der Waals surface area contributed by atoms with Gasteiger partial charge in [-0.3, -0.25) is 4.98 Å². The fourth-order valence-corrected chi connectivity index (χ4v) is 1.08. The number of hydrogen-bond donors (Lipinski definition) is 2. The monoisotopic (exact) mass is 180 g/mol. The van der Waals surface area contributed by atoms with Crippen molar-refractivity contribution in [3.05, 3.63) is 24.0 Å². The van der Waals surface area contributed by atoms with E-state index >= 15 is 0 Å². The van der Waals surface area contributed by atoms with Crippen LogP contribution < -0.4 is 5.32 Å². The van der Waals surface area contributed by atoms with Crippen molar-refractivity contribution in [2.75, 3.05) is 11.9 Å². The van der Waals surface area contributed by atoms with Gasteiger partial charge in [0.1, 0.15) is 0 Å². The molecule has 0 amide bonds. The number of aromatic nitrogens is 1. The molecule has 1 aromatic rings. The van der Waals surface area contributed by atoms with E-state index in [-0.39, 0.29) is 6.10 Å². The van der Waals surface area contributed by atoms with Gasteiger partial charge in [-0.1, -0.05) is 0 Å². The fraction of sp³-hybridized carbons (Fsp3) is 0.500. The van der Waals surface area contributed by atoms with Crippen molar-refractivity contribution in [3.63, 3.8) is 0 Å². The largest absolute Gasteiger partial charge is 0.393 e. The highest BCUT2D eigenvalue weighted by molar-refractivity contribution is 5.42. The van der Waals surface area contributed by atoms with Crippen molar-refractivity contribution in [2.24, 2.45) is 0 Å². The van der Waals surface area contributed by atoms with E-state index in [2.05, 4.69) is 10.3 Å². The normalized spacial score (nSPS) is 12.5. The molecule has 2 N–H and O–H groups in total. The number of aliphatic hydroxyl groups excluding tert-OH is 1. The summed E-state index contributed by atoms with van der Waals surface area (Å²) in [6, 6.07) is 3.91. The third-order valence-electron chi connectivity index (χ3n) is 1.79. The first kappa shape index (κ1) is 9.99. The van der Waals surface area contributed by atoms with Gasteiger partial charge < -0.3 is 10.4 Å². The first-order valence-corrected chi connectivity index (χ1v) is 4.53. The highest BCUT2D eigenvalue weighted by Crippen LogP contribution is 2.06. The number of rotatable bonds is 4. The van der Waals surface area contributed by atoms with Crippen molar-refractivity contribution in [3.8, 4) is 0 Å². The minimum absolute atomic E-state index is 0.240. The van der Waals surface area contributed by atoms with Gasteiger partial charge in [-0.2, -0.15) is 0 Å². The average Bonchev–Trinajstić information content (AvgIpc) is 2.03. The van der Waals surface area contributed by atoms with E-state index in [0.29, 0.717) is 0 Å². The van der Waals surface area contributed by atoms with Gasteiger partial charge in [0.25, 0.3) is 0 Å². The van der Waals surface area contributed by atoms with Crippen molar-refractivity contribution in [1.82, 2.24) is 4.98 Å². The molecule has 1 atom stereocenters. The van der Waals surface area contributed by atoms with Crippen LogP contribution in [0.3, 0.4) is 0 Å². The zero-order valence-electron chi connectivity index (χ0n) is 8.12. The Labute approximate surface area is 78.8 Å².